The van der Waals surface area contributed by atoms with Crippen LogP contribution in [0.5, 0.6) is 11.5 Å². The lowest BCUT2D eigenvalue weighted by Gasteiger charge is -2.14. The molecular weight excluding hydrogens is 408 g/mol. The second-order valence-electron chi connectivity index (χ2n) is 6.46. The molecule has 0 saturated heterocycles. The second kappa shape index (κ2) is 10.1. The Bertz CT molecular complexity index is 970. The topological polar surface area (TPSA) is 82.8 Å². The van der Waals surface area contributed by atoms with Crippen LogP contribution in [0.3, 0.4) is 0 Å². The fourth-order valence-electron chi connectivity index (χ4n) is 2.80. The van der Waals surface area contributed by atoms with Crippen molar-refractivity contribution in [3.63, 3.8) is 0 Å². The van der Waals surface area contributed by atoms with Gasteiger partial charge in [-0.15, -0.1) is 0 Å². The van der Waals surface area contributed by atoms with E-state index in [-0.39, 0.29) is 25.5 Å². The Labute approximate surface area is 179 Å². The first kappa shape index (κ1) is 21.7. The summed E-state index contributed by atoms with van der Waals surface area (Å²) in [6.45, 7) is 2.07. The third-order valence-corrected chi connectivity index (χ3v) is 4.54. The average molecular weight is 431 g/mol. The number of aliphatic hydroxyl groups is 1. The van der Waals surface area contributed by atoms with Gasteiger partial charge in [0.25, 0.3) is 0 Å². The summed E-state index contributed by atoms with van der Waals surface area (Å²) in [7, 11) is 1.59. The third kappa shape index (κ3) is 5.52. The molecule has 3 aromatic rings. The van der Waals surface area contributed by atoms with Crippen molar-refractivity contribution in [1.82, 2.24) is 9.78 Å². The Hall–Kier alpha value is -3.03. The Morgan fingerprint density at radius 2 is 1.80 bits per heavy atom. The molecule has 0 spiro atoms. The molecule has 0 amide bonds. The van der Waals surface area contributed by atoms with E-state index in [2.05, 4.69) is 5.10 Å². The van der Waals surface area contributed by atoms with Gasteiger partial charge in [0.2, 0.25) is 0 Å². The molecule has 0 aliphatic rings. The summed E-state index contributed by atoms with van der Waals surface area (Å²) in [5.41, 5.74) is 1.66. The molecule has 0 saturated carbocycles. The van der Waals surface area contributed by atoms with Gasteiger partial charge in [0.05, 0.1) is 26.0 Å². The molecule has 1 aromatic heterocycles. The Balaban J connectivity index is 1.76. The van der Waals surface area contributed by atoms with Gasteiger partial charge in [0, 0.05) is 10.6 Å². The van der Waals surface area contributed by atoms with Crippen LogP contribution < -0.4 is 9.47 Å². The molecule has 0 radical (unpaired) electrons. The molecule has 2 aromatic carbocycles. The van der Waals surface area contributed by atoms with Gasteiger partial charge in [0.1, 0.15) is 29.9 Å². The van der Waals surface area contributed by atoms with Crippen molar-refractivity contribution < 1.29 is 24.1 Å². The zero-order valence-electron chi connectivity index (χ0n) is 16.7. The molecule has 158 valence electrons. The highest BCUT2D eigenvalue weighted by Gasteiger charge is 2.20. The average Bonchev–Trinajstić information content (AvgIpc) is 3.17. The minimum absolute atomic E-state index is 0.0294. The van der Waals surface area contributed by atoms with Crippen LogP contribution >= 0.6 is 11.6 Å². The number of ether oxygens (including phenoxy) is 3. The van der Waals surface area contributed by atoms with E-state index in [1.54, 1.807) is 44.4 Å². The number of hydrogen-bond donors (Lipinski definition) is 1. The van der Waals surface area contributed by atoms with Crippen LogP contribution in [0.25, 0.3) is 11.3 Å². The van der Waals surface area contributed by atoms with Crippen LogP contribution in [0.1, 0.15) is 17.4 Å². The Morgan fingerprint density at radius 3 is 2.43 bits per heavy atom. The molecule has 1 heterocycles. The van der Waals surface area contributed by atoms with E-state index >= 15 is 0 Å². The van der Waals surface area contributed by atoms with E-state index in [9.17, 15) is 9.90 Å². The molecule has 0 aliphatic heterocycles. The summed E-state index contributed by atoms with van der Waals surface area (Å²) >= 11 is 5.86. The van der Waals surface area contributed by atoms with Crippen LogP contribution in [0.15, 0.2) is 54.6 Å². The van der Waals surface area contributed by atoms with Crippen molar-refractivity contribution in [3.8, 4) is 22.8 Å². The zero-order valence-corrected chi connectivity index (χ0v) is 17.5. The zero-order chi connectivity index (χ0) is 21.5. The van der Waals surface area contributed by atoms with E-state index < -0.39 is 12.1 Å². The highest BCUT2D eigenvalue weighted by atomic mass is 35.5. The smallest absolute Gasteiger partial charge is 0.356 e. The summed E-state index contributed by atoms with van der Waals surface area (Å²) in [6, 6.07) is 15.8. The number of aliphatic hydroxyl groups excluding tert-OH is 1. The molecule has 7 nitrogen and oxygen atoms in total. The first-order valence-corrected chi connectivity index (χ1v) is 9.83. The number of hydrogen-bond acceptors (Lipinski definition) is 6. The first-order valence-electron chi connectivity index (χ1n) is 9.46. The van der Waals surface area contributed by atoms with Gasteiger partial charge in [-0.05, 0) is 61.5 Å². The summed E-state index contributed by atoms with van der Waals surface area (Å²) in [5.74, 6) is 0.803. The number of esters is 1. The molecule has 0 fully saturated rings. The molecular formula is C22H23ClN2O5. The van der Waals surface area contributed by atoms with E-state index in [0.29, 0.717) is 16.5 Å². The predicted octanol–water partition coefficient (Wildman–Crippen LogP) is 3.83. The van der Waals surface area contributed by atoms with Crippen molar-refractivity contribution >= 4 is 17.6 Å². The molecule has 8 heteroatoms. The highest BCUT2D eigenvalue weighted by Crippen LogP contribution is 2.23. The largest absolute Gasteiger partial charge is 0.497 e. The maximum absolute atomic E-state index is 12.4. The number of carbonyl (C=O) groups excluding carboxylic acids is 1. The fourth-order valence-corrected chi connectivity index (χ4v) is 2.93. The number of rotatable bonds is 9. The lowest BCUT2D eigenvalue weighted by molar-refractivity contribution is 0.0497. The number of halogens is 1. The van der Waals surface area contributed by atoms with E-state index in [1.807, 2.05) is 24.3 Å². The SMILES string of the molecule is CCOC(=O)c1cc(-c2ccc(OC)cc2)nn1CC(O)COc1ccc(Cl)cc1. The van der Waals surface area contributed by atoms with Crippen LogP contribution in [-0.2, 0) is 11.3 Å². The lowest BCUT2D eigenvalue weighted by atomic mass is 10.1. The molecule has 0 aliphatic carbocycles. The summed E-state index contributed by atoms with van der Waals surface area (Å²) in [5, 5.41) is 15.5. The van der Waals surface area contributed by atoms with Crippen molar-refractivity contribution in [3.05, 3.63) is 65.3 Å². The lowest BCUT2D eigenvalue weighted by Crippen LogP contribution is -2.26. The van der Waals surface area contributed by atoms with Crippen molar-refractivity contribution in [1.29, 1.82) is 0 Å². The molecule has 1 atom stereocenters. The van der Waals surface area contributed by atoms with Gasteiger partial charge >= 0.3 is 5.97 Å². The minimum Gasteiger partial charge on any atom is -0.497 e. The quantitative estimate of drug-likeness (QED) is 0.519. The molecule has 0 bridgehead atoms. The predicted molar refractivity (Wildman–Crippen MR) is 113 cm³/mol. The Kier molecular flexibility index (Phi) is 7.32. The summed E-state index contributed by atoms with van der Waals surface area (Å²) in [6.07, 6.45) is -0.891. The number of benzene rings is 2. The number of carbonyl (C=O) groups is 1. The molecule has 1 N–H and O–H groups in total. The van der Waals surface area contributed by atoms with Gasteiger partial charge in [-0.25, -0.2) is 4.79 Å². The minimum atomic E-state index is -0.891. The third-order valence-electron chi connectivity index (χ3n) is 4.29. The van der Waals surface area contributed by atoms with Gasteiger partial charge in [-0.3, -0.25) is 4.68 Å². The first-order chi connectivity index (χ1) is 14.5. The van der Waals surface area contributed by atoms with Crippen molar-refractivity contribution in [2.75, 3.05) is 20.3 Å². The molecule has 1 unspecified atom stereocenters. The van der Waals surface area contributed by atoms with E-state index in [4.69, 9.17) is 25.8 Å². The maximum Gasteiger partial charge on any atom is 0.356 e. The van der Waals surface area contributed by atoms with Crippen molar-refractivity contribution in [2.24, 2.45) is 0 Å². The fraction of sp³-hybridized carbons (Fsp3) is 0.273. The monoisotopic (exact) mass is 430 g/mol. The van der Waals surface area contributed by atoms with Gasteiger partial charge in [-0.1, -0.05) is 11.6 Å². The van der Waals surface area contributed by atoms with Crippen LogP contribution in [0.2, 0.25) is 5.02 Å². The molecule has 30 heavy (non-hydrogen) atoms. The summed E-state index contributed by atoms with van der Waals surface area (Å²) < 4.78 is 17.3. The highest BCUT2D eigenvalue weighted by molar-refractivity contribution is 6.30. The standard InChI is InChI=1S/C22H23ClN2O5/c1-3-29-22(27)21-12-20(15-4-8-18(28-2)9-5-15)24-25(21)13-17(26)14-30-19-10-6-16(23)7-11-19/h4-12,17,26H,3,13-14H2,1-2H3. The maximum atomic E-state index is 12.4. The van der Waals surface area contributed by atoms with E-state index in [0.717, 1.165) is 11.3 Å². The van der Waals surface area contributed by atoms with Gasteiger partial charge < -0.3 is 19.3 Å². The van der Waals surface area contributed by atoms with E-state index in [1.165, 1.54) is 4.68 Å². The number of nitrogens with zero attached hydrogens (tertiary/aromatic N) is 2. The van der Waals surface area contributed by atoms with Crippen LogP contribution in [-0.4, -0.2) is 47.3 Å². The van der Waals surface area contributed by atoms with Crippen LogP contribution in [0.4, 0.5) is 0 Å². The normalized spacial score (nSPS) is 11.7. The Morgan fingerprint density at radius 1 is 1.13 bits per heavy atom. The summed E-state index contributed by atoms with van der Waals surface area (Å²) in [4.78, 5) is 12.4. The van der Waals surface area contributed by atoms with Crippen LogP contribution in [0, 0.1) is 0 Å². The number of aromatic nitrogens is 2. The number of methoxy groups -OCH3 is 1. The second-order valence-corrected chi connectivity index (χ2v) is 6.90. The van der Waals surface area contributed by atoms with Gasteiger partial charge in [0.15, 0.2) is 0 Å². The molecule has 3 rings (SSSR count). The van der Waals surface area contributed by atoms with Gasteiger partial charge in [-0.2, -0.15) is 5.10 Å². The van der Waals surface area contributed by atoms with Crippen molar-refractivity contribution in [2.45, 2.75) is 19.6 Å².